The van der Waals surface area contributed by atoms with Gasteiger partial charge in [-0.3, -0.25) is 4.79 Å². The first-order valence-electron chi connectivity index (χ1n) is 7.26. The van der Waals surface area contributed by atoms with E-state index in [0.717, 1.165) is 25.0 Å². The van der Waals surface area contributed by atoms with Crippen LogP contribution >= 0.6 is 0 Å². The van der Waals surface area contributed by atoms with Gasteiger partial charge in [-0.15, -0.1) is 0 Å². The third-order valence-electron chi connectivity index (χ3n) is 3.76. The van der Waals surface area contributed by atoms with Gasteiger partial charge in [0.1, 0.15) is 5.60 Å². The molecule has 0 aromatic rings. The summed E-state index contributed by atoms with van der Waals surface area (Å²) in [6.07, 6.45) is 3.27. The molecule has 2 rings (SSSR count). The predicted molar refractivity (Wildman–Crippen MR) is 76.3 cm³/mol. The second kappa shape index (κ2) is 5.46. The van der Waals surface area contributed by atoms with Gasteiger partial charge in [0, 0.05) is 25.2 Å². The molecule has 5 heteroatoms. The molecule has 0 spiro atoms. The van der Waals surface area contributed by atoms with Gasteiger partial charge in [0.05, 0.1) is 6.04 Å². The van der Waals surface area contributed by atoms with E-state index < -0.39 is 5.60 Å². The molecule has 0 bridgehead atoms. The van der Waals surface area contributed by atoms with Crippen molar-refractivity contribution in [3.8, 4) is 0 Å². The lowest BCUT2D eigenvalue weighted by Gasteiger charge is -2.26. The number of hydrogen-bond donors (Lipinski definition) is 0. The van der Waals surface area contributed by atoms with Gasteiger partial charge in [0.15, 0.2) is 0 Å². The SMILES string of the molecule is CC=C1CCN([C@@H]2CCN(C(=O)OC(C)(C)C)C2)C1=O. The van der Waals surface area contributed by atoms with Gasteiger partial charge in [-0.2, -0.15) is 0 Å². The second-order valence-electron chi connectivity index (χ2n) is 6.43. The lowest BCUT2D eigenvalue weighted by molar-refractivity contribution is -0.126. The van der Waals surface area contributed by atoms with Gasteiger partial charge in [0.2, 0.25) is 5.91 Å². The Morgan fingerprint density at radius 2 is 2.05 bits per heavy atom. The Balaban J connectivity index is 1.93. The van der Waals surface area contributed by atoms with Crippen LogP contribution in [0.25, 0.3) is 0 Å². The van der Waals surface area contributed by atoms with Gasteiger partial charge in [-0.1, -0.05) is 6.08 Å². The molecule has 2 heterocycles. The quantitative estimate of drug-likeness (QED) is 0.692. The van der Waals surface area contributed by atoms with Gasteiger partial charge in [-0.25, -0.2) is 4.79 Å². The summed E-state index contributed by atoms with van der Waals surface area (Å²) in [4.78, 5) is 27.8. The third kappa shape index (κ3) is 3.14. The number of carbonyl (C=O) groups excluding carboxylic acids is 2. The highest BCUT2D eigenvalue weighted by atomic mass is 16.6. The van der Waals surface area contributed by atoms with Crippen molar-refractivity contribution in [3.05, 3.63) is 11.6 Å². The average Bonchev–Trinajstić information content (AvgIpc) is 2.92. The molecule has 0 unspecified atom stereocenters. The van der Waals surface area contributed by atoms with Gasteiger partial charge in [0.25, 0.3) is 0 Å². The predicted octanol–water partition coefficient (Wildman–Crippen LogP) is 2.17. The normalized spacial score (nSPS) is 25.7. The van der Waals surface area contributed by atoms with E-state index in [4.69, 9.17) is 4.74 Å². The Kier molecular flexibility index (Phi) is 4.06. The molecule has 2 aliphatic heterocycles. The van der Waals surface area contributed by atoms with E-state index in [2.05, 4.69) is 0 Å². The van der Waals surface area contributed by atoms with Crippen molar-refractivity contribution in [2.45, 2.75) is 52.2 Å². The highest BCUT2D eigenvalue weighted by Gasteiger charge is 2.37. The van der Waals surface area contributed by atoms with Crippen molar-refractivity contribution in [3.63, 3.8) is 0 Å². The van der Waals surface area contributed by atoms with Crippen molar-refractivity contribution >= 4 is 12.0 Å². The summed E-state index contributed by atoms with van der Waals surface area (Å²) < 4.78 is 5.37. The van der Waals surface area contributed by atoms with E-state index in [1.54, 1.807) is 4.90 Å². The molecule has 1 atom stereocenters. The Morgan fingerprint density at radius 1 is 1.35 bits per heavy atom. The fourth-order valence-corrected chi connectivity index (χ4v) is 2.74. The van der Waals surface area contributed by atoms with Crippen LogP contribution < -0.4 is 0 Å². The zero-order valence-corrected chi connectivity index (χ0v) is 12.8. The number of hydrogen-bond acceptors (Lipinski definition) is 3. The highest BCUT2D eigenvalue weighted by Crippen LogP contribution is 2.25. The van der Waals surface area contributed by atoms with Crippen LogP contribution in [0.2, 0.25) is 0 Å². The zero-order chi connectivity index (χ0) is 14.9. The molecule has 0 aromatic carbocycles. The van der Waals surface area contributed by atoms with E-state index >= 15 is 0 Å². The minimum absolute atomic E-state index is 0.128. The van der Waals surface area contributed by atoms with E-state index in [1.807, 2.05) is 38.7 Å². The van der Waals surface area contributed by atoms with Crippen LogP contribution in [0.15, 0.2) is 11.6 Å². The Labute approximate surface area is 120 Å². The molecular weight excluding hydrogens is 256 g/mol. The zero-order valence-electron chi connectivity index (χ0n) is 12.8. The number of rotatable bonds is 1. The smallest absolute Gasteiger partial charge is 0.410 e. The molecular formula is C15H24N2O3. The first-order valence-corrected chi connectivity index (χ1v) is 7.26. The van der Waals surface area contributed by atoms with Crippen LogP contribution in [-0.4, -0.2) is 53.1 Å². The average molecular weight is 280 g/mol. The standard InChI is InChI=1S/C15H24N2O3/c1-5-11-6-9-17(13(11)18)12-7-8-16(10-12)14(19)20-15(2,3)4/h5,12H,6-10H2,1-4H3/t12-/m1/s1. The molecule has 2 amide bonds. The monoisotopic (exact) mass is 280 g/mol. The Hall–Kier alpha value is -1.52. The lowest BCUT2D eigenvalue weighted by atomic mass is 10.2. The molecule has 0 aromatic heterocycles. The maximum absolute atomic E-state index is 12.2. The summed E-state index contributed by atoms with van der Waals surface area (Å²) >= 11 is 0. The highest BCUT2D eigenvalue weighted by molar-refractivity contribution is 5.95. The number of nitrogens with zero attached hydrogens (tertiary/aromatic N) is 2. The van der Waals surface area contributed by atoms with Crippen LogP contribution in [0.3, 0.4) is 0 Å². The van der Waals surface area contributed by atoms with E-state index in [0.29, 0.717) is 13.1 Å². The number of likely N-dealkylation sites (tertiary alicyclic amines) is 2. The van der Waals surface area contributed by atoms with E-state index in [9.17, 15) is 9.59 Å². The Bertz CT molecular complexity index is 437. The van der Waals surface area contributed by atoms with Crippen LogP contribution in [0.5, 0.6) is 0 Å². The summed E-state index contributed by atoms with van der Waals surface area (Å²) in [5.74, 6) is 0.128. The van der Waals surface area contributed by atoms with E-state index in [-0.39, 0.29) is 18.0 Å². The molecule has 0 radical (unpaired) electrons. The molecule has 112 valence electrons. The number of amides is 2. The Morgan fingerprint density at radius 3 is 2.60 bits per heavy atom. The number of allylic oxidation sites excluding steroid dienone is 1. The van der Waals surface area contributed by atoms with Crippen molar-refractivity contribution in [2.24, 2.45) is 0 Å². The largest absolute Gasteiger partial charge is 0.444 e. The van der Waals surface area contributed by atoms with Crippen LogP contribution in [0.1, 0.15) is 40.5 Å². The van der Waals surface area contributed by atoms with Crippen molar-refractivity contribution in [2.75, 3.05) is 19.6 Å². The molecule has 20 heavy (non-hydrogen) atoms. The first-order chi connectivity index (χ1) is 9.31. The summed E-state index contributed by atoms with van der Waals surface area (Å²) in [6, 6.07) is 0.132. The molecule has 2 aliphatic rings. The minimum atomic E-state index is -0.475. The maximum Gasteiger partial charge on any atom is 0.410 e. The first kappa shape index (κ1) is 14.9. The van der Waals surface area contributed by atoms with Crippen molar-refractivity contribution in [1.82, 2.24) is 9.80 Å². The molecule has 0 N–H and O–H groups in total. The molecule has 0 aliphatic carbocycles. The maximum atomic E-state index is 12.2. The number of ether oxygens (including phenoxy) is 1. The summed E-state index contributed by atoms with van der Waals surface area (Å²) in [5, 5.41) is 0. The molecule has 5 nitrogen and oxygen atoms in total. The van der Waals surface area contributed by atoms with Crippen molar-refractivity contribution in [1.29, 1.82) is 0 Å². The van der Waals surface area contributed by atoms with Crippen LogP contribution in [0, 0.1) is 0 Å². The summed E-state index contributed by atoms with van der Waals surface area (Å²) in [6.45, 7) is 9.50. The summed E-state index contributed by atoms with van der Waals surface area (Å²) in [7, 11) is 0. The van der Waals surface area contributed by atoms with Gasteiger partial charge < -0.3 is 14.5 Å². The lowest BCUT2D eigenvalue weighted by Crippen LogP contribution is -2.41. The molecule has 0 saturated carbocycles. The van der Waals surface area contributed by atoms with E-state index in [1.165, 1.54) is 0 Å². The van der Waals surface area contributed by atoms with Crippen LogP contribution in [0.4, 0.5) is 4.79 Å². The van der Waals surface area contributed by atoms with Crippen LogP contribution in [-0.2, 0) is 9.53 Å². The van der Waals surface area contributed by atoms with Gasteiger partial charge >= 0.3 is 6.09 Å². The molecule has 2 saturated heterocycles. The molecule has 2 fully saturated rings. The fraction of sp³-hybridized carbons (Fsp3) is 0.733. The third-order valence-corrected chi connectivity index (χ3v) is 3.76. The van der Waals surface area contributed by atoms with Gasteiger partial charge in [-0.05, 0) is 40.5 Å². The van der Waals surface area contributed by atoms with Crippen molar-refractivity contribution < 1.29 is 14.3 Å². The topological polar surface area (TPSA) is 49.9 Å². The minimum Gasteiger partial charge on any atom is -0.444 e. The number of carbonyl (C=O) groups is 2. The summed E-state index contributed by atoms with van der Waals surface area (Å²) in [5.41, 5.74) is 0.414. The second-order valence-corrected chi connectivity index (χ2v) is 6.43. The fourth-order valence-electron chi connectivity index (χ4n) is 2.74.